The first-order valence-electron chi connectivity index (χ1n) is 9.21. The van der Waals surface area contributed by atoms with Gasteiger partial charge in [0.25, 0.3) is 10.0 Å². The summed E-state index contributed by atoms with van der Waals surface area (Å²) in [5.74, 6) is -0.545. The molecule has 0 atom stereocenters. The maximum Gasteiger partial charge on any atom is 0.261 e. The van der Waals surface area contributed by atoms with Crippen molar-refractivity contribution in [1.82, 2.24) is 4.31 Å². The summed E-state index contributed by atoms with van der Waals surface area (Å²) in [6.45, 7) is 1.55. The molecule has 0 spiro atoms. The molecule has 2 aromatic rings. The second kappa shape index (κ2) is 8.29. The molecule has 1 N–H and O–H groups in total. The number of benzene rings is 2. The van der Waals surface area contributed by atoms with Crippen LogP contribution >= 0.6 is 0 Å². The molecule has 0 unspecified atom stereocenters. The molecule has 7 nitrogen and oxygen atoms in total. The molecule has 0 saturated carbocycles. The largest absolute Gasteiger partial charge is 0.370 e. The van der Waals surface area contributed by atoms with Crippen molar-refractivity contribution in [3.63, 3.8) is 0 Å². The first kappa shape index (κ1) is 21.5. The number of halogens is 1. The number of rotatable bonds is 6. The van der Waals surface area contributed by atoms with Gasteiger partial charge in [-0.1, -0.05) is 0 Å². The molecule has 1 heterocycles. The molecule has 3 rings (SSSR count). The number of hydrogen-bond donors (Lipinski definition) is 1. The normalized spacial score (nSPS) is 15.5. The smallest absolute Gasteiger partial charge is 0.261 e. The molecule has 1 aliphatic heterocycles. The van der Waals surface area contributed by atoms with Crippen LogP contribution in [0.5, 0.6) is 0 Å². The molecule has 2 aromatic carbocycles. The van der Waals surface area contributed by atoms with E-state index in [2.05, 4.69) is 4.72 Å². The molecular formula is C19H24FN3O4S2. The van der Waals surface area contributed by atoms with Gasteiger partial charge in [0, 0.05) is 33.3 Å². The van der Waals surface area contributed by atoms with Crippen LogP contribution in [0.4, 0.5) is 15.8 Å². The van der Waals surface area contributed by atoms with Gasteiger partial charge in [0.1, 0.15) is 5.82 Å². The van der Waals surface area contributed by atoms with Crippen LogP contribution in [-0.4, -0.2) is 48.3 Å². The Morgan fingerprint density at radius 3 is 2.07 bits per heavy atom. The Kier molecular flexibility index (Phi) is 6.16. The van der Waals surface area contributed by atoms with Gasteiger partial charge < -0.3 is 4.90 Å². The van der Waals surface area contributed by atoms with Gasteiger partial charge in [0.05, 0.1) is 21.2 Å². The van der Waals surface area contributed by atoms with Gasteiger partial charge in [0.2, 0.25) is 10.0 Å². The Morgan fingerprint density at radius 1 is 0.897 bits per heavy atom. The second-order valence-corrected chi connectivity index (χ2v) is 10.9. The summed E-state index contributed by atoms with van der Waals surface area (Å²) >= 11 is 0. The maximum absolute atomic E-state index is 13.8. The molecule has 0 aliphatic carbocycles. The number of piperidine rings is 1. The van der Waals surface area contributed by atoms with Gasteiger partial charge in [-0.05, 0) is 55.7 Å². The van der Waals surface area contributed by atoms with E-state index in [-0.39, 0.29) is 15.5 Å². The summed E-state index contributed by atoms with van der Waals surface area (Å²) in [7, 11) is -4.90. The summed E-state index contributed by atoms with van der Waals surface area (Å²) in [6, 6.07) is 8.96. The van der Waals surface area contributed by atoms with Crippen molar-refractivity contribution >= 4 is 31.4 Å². The van der Waals surface area contributed by atoms with E-state index in [1.165, 1.54) is 44.4 Å². The van der Waals surface area contributed by atoms with Crippen LogP contribution in [0.1, 0.15) is 19.3 Å². The molecular weight excluding hydrogens is 417 g/mol. The highest BCUT2D eigenvalue weighted by molar-refractivity contribution is 7.92. The zero-order chi connectivity index (χ0) is 21.2. The van der Waals surface area contributed by atoms with Crippen LogP contribution in [0.3, 0.4) is 0 Å². The monoisotopic (exact) mass is 441 g/mol. The van der Waals surface area contributed by atoms with Crippen molar-refractivity contribution in [2.75, 3.05) is 36.8 Å². The lowest BCUT2D eigenvalue weighted by molar-refractivity contribution is 0.520. The predicted molar refractivity (Wildman–Crippen MR) is 111 cm³/mol. The topological polar surface area (TPSA) is 86.8 Å². The first-order chi connectivity index (χ1) is 13.6. The molecule has 0 aromatic heterocycles. The third-order valence-corrected chi connectivity index (χ3v) is 8.02. The summed E-state index contributed by atoms with van der Waals surface area (Å²) in [5, 5.41) is 0. The molecule has 29 heavy (non-hydrogen) atoms. The lowest BCUT2D eigenvalue weighted by Crippen LogP contribution is -2.30. The van der Waals surface area contributed by atoms with Crippen LogP contribution in [-0.2, 0) is 20.0 Å². The van der Waals surface area contributed by atoms with Gasteiger partial charge in [-0.15, -0.1) is 0 Å². The van der Waals surface area contributed by atoms with Crippen molar-refractivity contribution in [2.45, 2.75) is 29.1 Å². The molecule has 1 fully saturated rings. The standard InChI is InChI=1S/C19H24FN3O4S2/c1-22(2)29(26,27)17-9-7-16(8-10-17)28(24,25)21-18-14-15(20)6-11-19(18)23-12-4-3-5-13-23/h6-11,14,21H,3-5,12-13H2,1-2H3. The summed E-state index contributed by atoms with van der Waals surface area (Å²) in [4.78, 5) is 1.92. The van der Waals surface area contributed by atoms with E-state index in [4.69, 9.17) is 0 Å². The van der Waals surface area contributed by atoms with Gasteiger partial charge in [-0.3, -0.25) is 4.72 Å². The summed E-state index contributed by atoms with van der Waals surface area (Å²) in [6.07, 6.45) is 3.09. The number of nitrogens with one attached hydrogen (secondary N) is 1. The number of anilines is 2. The summed E-state index contributed by atoms with van der Waals surface area (Å²) in [5.41, 5.74) is 0.790. The average molecular weight is 442 g/mol. The Hall–Kier alpha value is -2.17. The van der Waals surface area contributed by atoms with E-state index in [1.807, 2.05) is 4.90 Å². The van der Waals surface area contributed by atoms with Crippen LogP contribution in [0.2, 0.25) is 0 Å². The zero-order valence-corrected chi connectivity index (χ0v) is 17.9. The van der Waals surface area contributed by atoms with Crippen molar-refractivity contribution in [3.05, 3.63) is 48.3 Å². The van der Waals surface area contributed by atoms with E-state index < -0.39 is 25.9 Å². The van der Waals surface area contributed by atoms with Crippen LogP contribution in [0.15, 0.2) is 52.3 Å². The minimum atomic E-state index is -4.03. The molecule has 0 radical (unpaired) electrons. The fourth-order valence-corrected chi connectivity index (χ4v) is 5.17. The molecule has 0 bridgehead atoms. The lowest BCUT2D eigenvalue weighted by Gasteiger charge is -2.30. The van der Waals surface area contributed by atoms with Crippen LogP contribution in [0, 0.1) is 5.82 Å². The highest BCUT2D eigenvalue weighted by Crippen LogP contribution is 2.31. The molecule has 1 saturated heterocycles. The van der Waals surface area contributed by atoms with Gasteiger partial charge in [-0.25, -0.2) is 25.5 Å². The maximum atomic E-state index is 13.8. The van der Waals surface area contributed by atoms with Gasteiger partial charge in [0.15, 0.2) is 0 Å². The van der Waals surface area contributed by atoms with E-state index in [9.17, 15) is 21.2 Å². The predicted octanol–water partition coefficient (Wildman–Crippen LogP) is 2.87. The Labute approximate surface area is 171 Å². The minimum absolute atomic E-state index is 0.0128. The number of nitrogens with zero attached hydrogens (tertiary/aromatic N) is 2. The van der Waals surface area contributed by atoms with E-state index in [0.717, 1.165) is 42.7 Å². The summed E-state index contributed by atoms with van der Waals surface area (Å²) < 4.78 is 67.3. The van der Waals surface area contributed by atoms with Crippen molar-refractivity contribution in [2.24, 2.45) is 0 Å². The quantitative estimate of drug-likeness (QED) is 0.745. The Morgan fingerprint density at radius 2 is 1.48 bits per heavy atom. The minimum Gasteiger partial charge on any atom is -0.370 e. The van der Waals surface area contributed by atoms with Crippen LogP contribution < -0.4 is 9.62 Å². The highest BCUT2D eigenvalue weighted by Gasteiger charge is 2.22. The Bertz CT molecular complexity index is 1080. The zero-order valence-electron chi connectivity index (χ0n) is 16.3. The molecule has 158 valence electrons. The SMILES string of the molecule is CN(C)S(=O)(=O)c1ccc(S(=O)(=O)Nc2cc(F)ccc2N2CCCCC2)cc1. The van der Waals surface area contributed by atoms with Crippen molar-refractivity contribution < 1.29 is 21.2 Å². The van der Waals surface area contributed by atoms with E-state index >= 15 is 0 Å². The fourth-order valence-electron chi connectivity index (χ4n) is 3.21. The average Bonchev–Trinajstić information content (AvgIpc) is 2.68. The third-order valence-electron chi connectivity index (χ3n) is 4.81. The molecule has 1 aliphatic rings. The lowest BCUT2D eigenvalue weighted by atomic mass is 10.1. The fraction of sp³-hybridized carbons (Fsp3) is 0.368. The van der Waals surface area contributed by atoms with E-state index in [0.29, 0.717) is 5.69 Å². The van der Waals surface area contributed by atoms with Crippen molar-refractivity contribution in [1.29, 1.82) is 0 Å². The van der Waals surface area contributed by atoms with Gasteiger partial charge in [-0.2, -0.15) is 0 Å². The van der Waals surface area contributed by atoms with E-state index in [1.54, 1.807) is 6.07 Å². The molecule has 10 heteroatoms. The van der Waals surface area contributed by atoms with Crippen molar-refractivity contribution in [3.8, 4) is 0 Å². The molecule has 0 amide bonds. The van der Waals surface area contributed by atoms with Gasteiger partial charge >= 0.3 is 0 Å². The highest BCUT2D eigenvalue weighted by atomic mass is 32.2. The Balaban J connectivity index is 1.91. The number of sulfonamides is 2. The second-order valence-electron chi connectivity index (χ2n) is 7.07. The third kappa shape index (κ3) is 4.71. The van der Waals surface area contributed by atoms with Crippen LogP contribution in [0.25, 0.3) is 0 Å². The first-order valence-corrected chi connectivity index (χ1v) is 12.1. The number of hydrogen-bond acceptors (Lipinski definition) is 5.